The topological polar surface area (TPSA) is 26.3 Å². The van der Waals surface area contributed by atoms with Crippen molar-refractivity contribution in [3.8, 4) is 0 Å². The van der Waals surface area contributed by atoms with E-state index in [9.17, 15) is 5.11 Å². The highest BCUT2D eigenvalue weighted by Crippen LogP contribution is 2.31. The van der Waals surface area contributed by atoms with E-state index in [0.717, 1.165) is 38.0 Å². The molecule has 2 rings (SSSR count). The first kappa shape index (κ1) is 13.9. The Hall–Kier alpha value is -0.510. The van der Waals surface area contributed by atoms with E-state index in [1.165, 1.54) is 11.3 Å². The quantitative estimate of drug-likeness (QED) is 0.782. The van der Waals surface area contributed by atoms with Gasteiger partial charge in [0.15, 0.2) is 0 Å². The summed E-state index contributed by atoms with van der Waals surface area (Å²) in [5.41, 5.74) is 0.112. The summed E-state index contributed by atoms with van der Waals surface area (Å²) in [7, 11) is 0. The Kier molecular flexibility index (Phi) is 4.71. The van der Waals surface area contributed by atoms with Gasteiger partial charge in [-0.15, -0.1) is 11.8 Å². The number of benzene rings is 1. The van der Waals surface area contributed by atoms with Crippen LogP contribution in [0.15, 0.2) is 29.2 Å². The SMILES string of the molecule is CCCN1CCC([O-])(c2cccc(SC)c2)CC1. The average molecular weight is 264 g/mol. The van der Waals surface area contributed by atoms with Gasteiger partial charge < -0.3 is 10.0 Å². The molecule has 1 fully saturated rings. The molecule has 1 aliphatic heterocycles. The highest BCUT2D eigenvalue weighted by Gasteiger charge is 2.25. The fourth-order valence-corrected chi connectivity index (χ4v) is 3.11. The van der Waals surface area contributed by atoms with E-state index in [4.69, 9.17) is 0 Å². The standard InChI is InChI=1S/C15H22NOS/c1-3-9-16-10-7-15(17,8-11-16)13-5-4-6-14(12-13)18-2/h4-6,12H,3,7-11H2,1-2H3/q-1. The van der Waals surface area contributed by atoms with Crippen molar-refractivity contribution in [1.82, 2.24) is 4.90 Å². The van der Waals surface area contributed by atoms with Crippen LogP contribution in [0.1, 0.15) is 31.7 Å². The van der Waals surface area contributed by atoms with Crippen LogP contribution in [0.25, 0.3) is 0 Å². The number of likely N-dealkylation sites (tertiary alicyclic amines) is 1. The van der Waals surface area contributed by atoms with Crippen molar-refractivity contribution in [2.75, 3.05) is 25.9 Å². The van der Waals surface area contributed by atoms with Crippen LogP contribution in [0.3, 0.4) is 0 Å². The summed E-state index contributed by atoms with van der Waals surface area (Å²) in [5.74, 6) is 0. The second-order valence-corrected chi connectivity index (χ2v) is 5.95. The average Bonchev–Trinajstić information content (AvgIpc) is 2.42. The van der Waals surface area contributed by atoms with E-state index in [1.54, 1.807) is 11.8 Å². The van der Waals surface area contributed by atoms with Gasteiger partial charge >= 0.3 is 0 Å². The Bertz CT molecular complexity index is 386. The molecule has 0 bridgehead atoms. The van der Waals surface area contributed by atoms with Crippen LogP contribution in [0.2, 0.25) is 0 Å². The molecule has 0 aliphatic carbocycles. The fourth-order valence-electron chi connectivity index (χ4n) is 2.65. The second kappa shape index (κ2) is 6.09. The number of thioether (sulfide) groups is 1. The fraction of sp³-hybridized carbons (Fsp3) is 0.600. The lowest BCUT2D eigenvalue weighted by Crippen LogP contribution is -2.50. The first-order chi connectivity index (χ1) is 8.68. The molecule has 100 valence electrons. The molecule has 0 amide bonds. The largest absolute Gasteiger partial charge is 0.846 e. The van der Waals surface area contributed by atoms with E-state index in [2.05, 4.69) is 30.2 Å². The van der Waals surface area contributed by atoms with Gasteiger partial charge in [0, 0.05) is 4.90 Å². The highest BCUT2D eigenvalue weighted by molar-refractivity contribution is 7.98. The molecule has 1 aromatic carbocycles. The lowest BCUT2D eigenvalue weighted by atomic mass is 9.84. The number of hydrogen-bond donors (Lipinski definition) is 0. The summed E-state index contributed by atoms with van der Waals surface area (Å²) >= 11 is 1.71. The van der Waals surface area contributed by atoms with Crippen LogP contribution in [0.4, 0.5) is 0 Å². The van der Waals surface area contributed by atoms with E-state index >= 15 is 0 Å². The number of rotatable bonds is 4. The molecule has 3 heteroatoms. The number of nitrogens with zero attached hydrogens (tertiary/aromatic N) is 1. The van der Waals surface area contributed by atoms with Gasteiger partial charge in [0.1, 0.15) is 0 Å². The summed E-state index contributed by atoms with van der Waals surface area (Å²) < 4.78 is 0. The molecule has 0 unspecified atom stereocenters. The maximum absolute atomic E-state index is 12.9. The molecule has 1 aliphatic rings. The Morgan fingerprint density at radius 3 is 2.67 bits per heavy atom. The van der Waals surface area contributed by atoms with Crippen molar-refractivity contribution in [3.05, 3.63) is 29.8 Å². The molecule has 0 radical (unpaired) electrons. The van der Waals surface area contributed by atoms with Crippen LogP contribution in [-0.2, 0) is 5.60 Å². The van der Waals surface area contributed by atoms with E-state index in [-0.39, 0.29) is 0 Å². The van der Waals surface area contributed by atoms with Crippen molar-refractivity contribution in [2.24, 2.45) is 0 Å². The molecule has 0 spiro atoms. The van der Waals surface area contributed by atoms with Gasteiger partial charge in [0.2, 0.25) is 0 Å². The molecule has 18 heavy (non-hydrogen) atoms. The molecule has 0 atom stereocenters. The molecule has 1 saturated heterocycles. The minimum atomic E-state index is -0.865. The van der Waals surface area contributed by atoms with Gasteiger partial charge in [-0.1, -0.05) is 30.2 Å². The van der Waals surface area contributed by atoms with Crippen molar-refractivity contribution >= 4 is 11.8 Å². The Morgan fingerprint density at radius 2 is 2.06 bits per heavy atom. The lowest BCUT2D eigenvalue weighted by molar-refractivity contribution is -0.496. The third kappa shape index (κ3) is 3.08. The monoisotopic (exact) mass is 264 g/mol. The van der Waals surface area contributed by atoms with Gasteiger partial charge in [-0.05, 0) is 57.3 Å². The minimum Gasteiger partial charge on any atom is -0.846 e. The summed E-state index contributed by atoms with van der Waals surface area (Å²) in [6.07, 6.45) is 4.71. The Labute approximate surface area is 114 Å². The molecular formula is C15H22NOS-. The first-order valence-corrected chi connectivity index (χ1v) is 7.98. The zero-order valence-corrected chi connectivity index (χ0v) is 12.1. The summed E-state index contributed by atoms with van der Waals surface area (Å²) in [5, 5.41) is 12.9. The third-order valence-corrected chi connectivity index (χ3v) is 4.52. The molecule has 1 aromatic rings. The van der Waals surface area contributed by atoms with E-state index < -0.39 is 5.60 Å². The lowest BCUT2D eigenvalue weighted by Gasteiger charge is -2.48. The summed E-state index contributed by atoms with van der Waals surface area (Å²) in [6.45, 7) is 5.21. The Balaban J connectivity index is 2.08. The van der Waals surface area contributed by atoms with Gasteiger partial charge in [0.25, 0.3) is 0 Å². The molecule has 0 N–H and O–H groups in total. The minimum absolute atomic E-state index is 0.741. The van der Waals surface area contributed by atoms with Crippen LogP contribution >= 0.6 is 11.8 Å². The van der Waals surface area contributed by atoms with Gasteiger partial charge in [-0.3, -0.25) is 0 Å². The number of hydrogen-bond acceptors (Lipinski definition) is 3. The second-order valence-electron chi connectivity index (χ2n) is 5.07. The zero-order valence-electron chi connectivity index (χ0n) is 11.3. The van der Waals surface area contributed by atoms with Crippen LogP contribution in [-0.4, -0.2) is 30.8 Å². The molecular weight excluding hydrogens is 242 g/mol. The normalized spacial score (nSPS) is 19.9. The van der Waals surface area contributed by atoms with Crippen molar-refractivity contribution in [1.29, 1.82) is 0 Å². The highest BCUT2D eigenvalue weighted by atomic mass is 32.2. The van der Waals surface area contributed by atoms with Crippen molar-refractivity contribution in [2.45, 2.75) is 36.7 Å². The summed E-state index contributed by atoms with van der Waals surface area (Å²) in [4.78, 5) is 3.60. The van der Waals surface area contributed by atoms with Gasteiger partial charge in [0.05, 0.1) is 0 Å². The smallest absolute Gasteiger partial charge is 0.00715 e. The molecule has 1 heterocycles. The maximum Gasteiger partial charge on any atom is 0.00715 e. The van der Waals surface area contributed by atoms with E-state index in [1.807, 2.05) is 12.1 Å². The van der Waals surface area contributed by atoms with Gasteiger partial charge in [-0.25, -0.2) is 0 Å². The first-order valence-electron chi connectivity index (χ1n) is 6.75. The molecule has 2 nitrogen and oxygen atoms in total. The third-order valence-electron chi connectivity index (χ3n) is 3.80. The Morgan fingerprint density at radius 1 is 1.33 bits per heavy atom. The molecule has 0 saturated carbocycles. The number of piperidine rings is 1. The van der Waals surface area contributed by atoms with E-state index in [0.29, 0.717) is 0 Å². The zero-order chi connectivity index (χ0) is 13.0. The predicted octanol–water partition coefficient (Wildman–Crippen LogP) is 2.47. The van der Waals surface area contributed by atoms with Crippen LogP contribution in [0, 0.1) is 0 Å². The van der Waals surface area contributed by atoms with Crippen LogP contribution < -0.4 is 5.11 Å². The summed E-state index contributed by atoms with van der Waals surface area (Å²) in [6, 6.07) is 8.17. The van der Waals surface area contributed by atoms with Gasteiger partial charge in [-0.2, -0.15) is 0 Å². The van der Waals surface area contributed by atoms with Crippen molar-refractivity contribution in [3.63, 3.8) is 0 Å². The maximum atomic E-state index is 12.9. The van der Waals surface area contributed by atoms with Crippen LogP contribution in [0.5, 0.6) is 0 Å². The predicted molar refractivity (Wildman–Crippen MR) is 75.9 cm³/mol. The molecule has 0 aromatic heterocycles. The van der Waals surface area contributed by atoms with Crippen molar-refractivity contribution < 1.29 is 5.11 Å².